The lowest BCUT2D eigenvalue weighted by Gasteiger charge is -2.00. The number of nitrogens with one attached hydrogen (secondary N) is 2. The van der Waals surface area contributed by atoms with Crippen molar-refractivity contribution in [3.63, 3.8) is 0 Å². The molecule has 0 saturated heterocycles. The van der Waals surface area contributed by atoms with E-state index in [0.29, 0.717) is 16.0 Å². The van der Waals surface area contributed by atoms with E-state index in [1.165, 1.54) is 22.7 Å². The molecule has 4 N–H and O–H groups in total. The van der Waals surface area contributed by atoms with Crippen molar-refractivity contribution in [3.05, 3.63) is 46.7 Å². The van der Waals surface area contributed by atoms with Crippen molar-refractivity contribution in [2.75, 3.05) is 10.6 Å². The van der Waals surface area contributed by atoms with E-state index in [9.17, 15) is 9.59 Å². The fraction of sp³-hybridized carbons (Fsp3) is 0.0714. The van der Waals surface area contributed by atoms with Crippen molar-refractivity contribution in [1.29, 1.82) is 0 Å². The summed E-state index contributed by atoms with van der Waals surface area (Å²) in [6.07, 6.45) is 3.38. The Hall–Kier alpha value is -2.85. The zero-order valence-electron chi connectivity index (χ0n) is 12.2. The van der Waals surface area contributed by atoms with Gasteiger partial charge >= 0.3 is 0 Å². The van der Waals surface area contributed by atoms with Crippen LogP contribution >= 0.6 is 22.7 Å². The number of carbonyl (C=O) groups is 2. The summed E-state index contributed by atoms with van der Waals surface area (Å²) < 4.78 is 0. The molecule has 24 heavy (non-hydrogen) atoms. The lowest BCUT2D eigenvalue weighted by Crippen LogP contribution is -2.14. The maximum Gasteiger partial charge on any atom is 0.276 e. The van der Waals surface area contributed by atoms with Crippen LogP contribution in [0.5, 0.6) is 0 Å². The number of anilines is 3. The van der Waals surface area contributed by atoms with Gasteiger partial charge in [-0.2, -0.15) is 0 Å². The molecule has 0 unspecified atom stereocenters. The number of amides is 2. The lowest BCUT2D eigenvalue weighted by molar-refractivity contribution is -0.117. The summed E-state index contributed by atoms with van der Waals surface area (Å²) in [7, 11) is 0. The van der Waals surface area contributed by atoms with Gasteiger partial charge in [-0.05, 0) is 12.1 Å². The molecule has 0 aliphatic rings. The monoisotopic (exact) mass is 360 g/mol. The number of hydrogen-bond donors (Lipinski definition) is 3. The van der Waals surface area contributed by atoms with E-state index in [4.69, 9.17) is 5.73 Å². The minimum atomic E-state index is -0.469. The fourth-order valence-corrected chi connectivity index (χ4v) is 3.20. The highest BCUT2D eigenvalue weighted by Gasteiger charge is 2.13. The fourth-order valence-electron chi connectivity index (χ4n) is 1.78. The normalized spacial score (nSPS) is 10.3. The number of nitrogens with zero attached hydrogens (tertiary/aromatic N) is 3. The molecule has 3 aromatic heterocycles. The molecule has 0 fully saturated rings. The van der Waals surface area contributed by atoms with Crippen molar-refractivity contribution >= 4 is 50.4 Å². The van der Waals surface area contributed by atoms with E-state index < -0.39 is 5.91 Å². The molecule has 3 rings (SSSR count). The predicted octanol–water partition coefficient (Wildman–Crippen LogP) is 2.02. The van der Waals surface area contributed by atoms with Gasteiger partial charge in [0.05, 0.1) is 24.0 Å². The highest BCUT2D eigenvalue weighted by atomic mass is 32.1. The number of hydrogen-bond acceptors (Lipinski definition) is 8. The summed E-state index contributed by atoms with van der Waals surface area (Å²) in [5, 5.41) is 10.0. The molecule has 10 heteroatoms. The molecule has 0 bridgehead atoms. The van der Waals surface area contributed by atoms with E-state index in [-0.39, 0.29) is 18.0 Å². The van der Waals surface area contributed by atoms with Crippen molar-refractivity contribution in [2.24, 2.45) is 5.73 Å². The third-order valence-electron chi connectivity index (χ3n) is 2.78. The van der Waals surface area contributed by atoms with Crippen LogP contribution in [-0.2, 0) is 11.2 Å². The Morgan fingerprint density at radius 2 is 2.00 bits per heavy atom. The molecule has 0 aliphatic heterocycles. The van der Waals surface area contributed by atoms with Crippen LogP contribution in [0.25, 0.3) is 0 Å². The highest BCUT2D eigenvalue weighted by molar-refractivity contribution is 7.14. The maximum atomic E-state index is 12.2. The Labute approximate surface area is 144 Å². The topological polar surface area (TPSA) is 123 Å². The summed E-state index contributed by atoms with van der Waals surface area (Å²) >= 11 is 2.53. The van der Waals surface area contributed by atoms with Gasteiger partial charge < -0.3 is 11.1 Å². The van der Waals surface area contributed by atoms with Crippen LogP contribution in [0.2, 0.25) is 0 Å². The summed E-state index contributed by atoms with van der Waals surface area (Å²) in [4.78, 5) is 35.4. The van der Waals surface area contributed by atoms with E-state index in [2.05, 4.69) is 25.6 Å². The van der Waals surface area contributed by atoms with Gasteiger partial charge in [-0.1, -0.05) is 0 Å². The Kier molecular flexibility index (Phi) is 4.77. The highest BCUT2D eigenvalue weighted by Crippen LogP contribution is 2.22. The summed E-state index contributed by atoms with van der Waals surface area (Å²) in [6.45, 7) is 0. The molecule has 3 aromatic rings. The van der Waals surface area contributed by atoms with E-state index in [1.54, 1.807) is 29.2 Å². The van der Waals surface area contributed by atoms with Crippen molar-refractivity contribution < 1.29 is 9.59 Å². The van der Waals surface area contributed by atoms with Crippen LogP contribution in [0.4, 0.5) is 16.0 Å². The molecule has 3 heterocycles. The molecule has 2 amide bonds. The lowest BCUT2D eigenvalue weighted by atomic mass is 10.3. The summed E-state index contributed by atoms with van der Waals surface area (Å²) in [6, 6.07) is 3.65. The van der Waals surface area contributed by atoms with Gasteiger partial charge in [0, 0.05) is 17.0 Å². The van der Waals surface area contributed by atoms with Gasteiger partial charge in [-0.15, -0.1) is 22.7 Å². The minimum absolute atomic E-state index is 0.0439. The van der Waals surface area contributed by atoms with E-state index in [0.717, 1.165) is 5.69 Å². The zero-order valence-corrected chi connectivity index (χ0v) is 13.9. The SMILES string of the molecule is NC(=O)Cc1csc(NC(=O)c2csc(Nc3cccnc3)n2)n1. The van der Waals surface area contributed by atoms with Crippen LogP contribution < -0.4 is 16.4 Å². The van der Waals surface area contributed by atoms with Gasteiger partial charge in [0.25, 0.3) is 5.91 Å². The smallest absolute Gasteiger partial charge is 0.276 e. The number of pyridine rings is 1. The molecule has 122 valence electrons. The van der Waals surface area contributed by atoms with E-state index in [1.807, 2.05) is 6.07 Å². The van der Waals surface area contributed by atoms with Crippen LogP contribution in [-0.4, -0.2) is 26.8 Å². The number of aromatic nitrogens is 3. The van der Waals surface area contributed by atoms with Gasteiger partial charge in [-0.25, -0.2) is 9.97 Å². The Morgan fingerprint density at radius 3 is 2.75 bits per heavy atom. The van der Waals surface area contributed by atoms with Crippen LogP contribution in [0, 0.1) is 0 Å². The maximum absolute atomic E-state index is 12.2. The van der Waals surface area contributed by atoms with Crippen LogP contribution in [0.15, 0.2) is 35.3 Å². The first-order valence-corrected chi connectivity index (χ1v) is 8.53. The second-order valence-electron chi connectivity index (χ2n) is 4.65. The third-order valence-corrected chi connectivity index (χ3v) is 4.34. The molecule has 0 atom stereocenters. The first-order chi connectivity index (χ1) is 11.6. The van der Waals surface area contributed by atoms with Gasteiger partial charge in [0.1, 0.15) is 5.69 Å². The van der Waals surface area contributed by atoms with Crippen LogP contribution in [0.1, 0.15) is 16.2 Å². The Balaban J connectivity index is 1.63. The summed E-state index contributed by atoms with van der Waals surface area (Å²) in [5.74, 6) is -0.839. The largest absolute Gasteiger partial charge is 0.369 e. The predicted molar refractivity (Wildman–Crippen MR) is 92.6 cm³/mol. The Bertz CT molecular complexity index is 861. The number of carbonyl (C=O) groups excluding carboxylic acids is 2. The third kappa shape index (κ3) is 4.12. The quantitative estimate of drug-likeness (QED) is 0.618. The molecule has 0 aromatic carbocycles. The molecule has 0 saturated carbocycles. The standard InChI is InChI=1S/C14H12N6O2S2/c15-11(21)4-9-6-23-14(18-9)20-12(22)10-7-24-13(19-10)17-8-2-1-3-16-5-8/h1-3,5-7H,4H2,(H2,15,21)(H,17,19)(H,18,20,22). The molecular formula is C14H12N6O2S2. The number of nitrogens with two attached hydrogens (primary N) is 1. The zero-order chi connectivity index (χ0) is 16.9. The van der Waals surface area contributed by atoms with Crippen molar-refractivity contribution in [1.82, 2.24) is 15.0 Å². The molecule has 8 nitrogen and oxygen atoms in total. The second-order valence-corrected chi connectivity index (χ2v) is 6.36. The summed E-state index contributed by atoms with van der Waals surface area (Å²) in [5.41, 5.74) is 6.70. The minimum Gasteiger partial charge on any atom is -0.369 e. The molecule has 0 radical (unpaired) electrons. The first-order valence-electron chi connectivity index (χ1n) is 6.77. The molecule has 0 aliphatic carbocycles. The van der Waals surface area contributed by atoms with E-state index >= 15 is 0 Å². The van der Waals surface area contributed by atoms with Crippen LogP contribution in [0.3, 0.4) is 0 Å². The van der Waals surface area contributed by atoms with Crippen molar-refractivity contribution in [2.45, 2.75) is 6.42 Å². The average molecular weight is 360 g/mol. The van der Waals surface area contributed by atoms with Crippen molar-refractivity contribution in [3.8, 4) is 0 Å². The number of rotatable bonds is 6. The van der Waals surface area contributed by atoms with Gasteiger partial charge in [-0.3, -0.25) is 19.9 Å². The number of primary amides is 1. The van der Waals surface area contributed by atoms with Gasteiger partial charge in [0.15, 0.2) is 10.3 Å². The average Bonchev–Trinajstić information content (AvgIpc) is 3.17. The second kappa shape index (κ2) is 7.15. The number of thiazole rings is 2. The molecular weight excluding hydrogens is 348 g/mol. The Morgan fingerprint density at radius 1 is 1.17 bits per heavy atom. The first kappa shape index (κ1) is 16.0. The van der Waals surface area contributed by atoms with Gasteiger partial charge in [0.2, 0.25) is 5.91 Å². The molecule has 0 spiro atoms.